The highest BCUT2D eigenvalue weighted by atomic mass is 16.2. The first-order chi connectivity index (χ1) is 9.98. The van der Waals surface area contributed by atoms with Gasteiger partial charge in [0.05, 0.1) is 11.2 Å². The third-order valence-corrected chi connectivity index (χ3v) is 5.85. The summed E-state index contributed by atoms with van der Waals surface area (Å²) in [4.78, 5) is 38.7. The fraction of sp³-hybridized carbons (Fsp3) is 0.824. The van der Waals surface area contributed by atoms with Crippen LogP contribution in [0.3, 0.4) is 0 Å². The molecule has 2 atom stereocenters. The highest BCUT2D eigenvalue weighted by Crippen LogP contribution is 2.42. The van der Waals surface area contributed by atoms with Crippen molar-refractivity contribution in [3.05, 3.63) is 0 Å². The Kier molecular flexibility index (Phi) is 5.64. The van der Waals surface area contributed by atoms with E-state index in [-0.39, 0.29) is 35.8 Å². The van der Waals surface area contributed by atoms with Crippen molar-refractivity contribution in [1.82, 2.24) is 4.90 Å². The molecule has 0 aliphatic carbocycles. The number of likely N-dealkylation sites (tertiary alicyclic amines) is 1. The molecule has 1 fully saturated rings. The van der Waals surface area contributed by atoms with Gasteiger partial charge in [-0.25, -0.2) is 0 Å². The molecule has 0 bridgehead atoms. The molecule has 0 radical (unpaired) electrons. The van der Waals surface area contributed by atoms with Crippen molar-refractivity contribution in [2.75, 3.05) is 0 Å². The van der Waals surface area contributed by atoms with E-state index in [0.29, 0.717) is 0 Å². The molecule has 2 unspecified atom stereocenters. The van der Waals surface area contributed by atoms with Gasteiger partial charge in [-0.05, 0) is 26.2 Å². The standard InChI is InChI=1S/C17H30BNO3/c1-7-8-9-11(2)12-10-13(20)19(14(12)21)17(5,6)16(3,4)15(18)22/h11-12H,7-10,18H2,1-6H3. The van der Waals surface area contributed by atoms with Crippen molar-refractivity contribution < 1.29 is 14.4 Å². The third kappa shape index (κ3) is 3.13. The minimum atomic E-state index is -0.813. The lowest BCUT2D eigenvalue weighted by molar-refractivity contribution is -0.152. The first kappa shape index (κ1) is 18.9. The molecule has 1 heterocycles. The van der Waals surface area contributed by atoms with Crippen molar-refractivity contribution >= 4 is 25.3 Å². The molecule has 0 saturated carbocycles. The third-order valence-electron chi connectivity index (χ3n) is 5.85. The van der Waals surface area contributed by atoms with Crippen molar-refractivity contribution in [2.24, 2.45) is 17.3 Å². The largest absolute Gasteiger partial charge is 0.311 e. The molecule has 1 aliphatic heterocycles. The number of nitrogens with zero attached hydrogens (tertiary/aromatic N) is 1. The van der Waals surface area contributed by atoms with E-state index in [9.17, 15) is 14.4 Å². The summed E-state index contributed by atoms with van der Waals surface area (Å²) in [5, 5.41) is 0. The van der Waals surface area contributed by atoms with Gasteiger partial charge in [-0.15, -0.1) is 0 Å². The first-order valence-electron chi connectivity index (χ1n) is 8.36. The topological polar surface area (TPSA) is 54.5 Å². The molecule has 1 aliphatic rings. The van der Waals surface area contributed by atoms with Gasteiger partial charge in [-0.1, -0.05) is 40.5 Å². The van der Waals surface area contributed by atoms with Gasteiger partial charge in [0.15, 0.2) is 7.85 Å². The van der Waals surface area contributed by atoms with Gasteiger partial charge in [0.2, 0.25) is 11.8 Å². The fourth-order valence-electron chi connectivity index (χ4n) is 3.12. The van der Waals surface area contributed by atoms with Crippen molar-refractivity contribution in [2.45, 2.75) is 72.8 Å². The monoisotopic (exact) mass is 307 g/mol. The van der Waals surface area contributed by atoms with Crippen LogP contribution in [0.25, 0.3) is 0 Å². The molecule has 2 amide bonds. The van der Waals surface area contributed by atoms with Gasteiger partial charge < -0.3 is 4.79 Å². The summed E-state index contributed by atoms with van der Waals surface area (Å²) in [6.07, 6.45) is 3.40. The van der Waals surface area contributed by atoms with E-state index < -0.39 is 11.0 Å². The van der Waals surface area contributed by atoms with E-state index in [1.807, 2.05) is 27.7 Å². The van der Waals surface area contributed by atoms with Gasteiger partial charge in [-0.2, -0.15) is 0 Å². The maximum Gasteiger partial charge on any atom is 0.233 e. The van der Waals surface area contributed by atoms with Gasteiger partial charge in [0.25, 0.3) is 0 Å². The van der Waals surface area contributed by atoms with Crippen LogP contribution >= 0.6 is 0 Å². The maximum atomic E-state index is 12.8. The predicted octanol–water partition coefficient (Wildman–Crippen LogP) is 2.15. The van der Waals surface area contributed by atoms with E-state index >= 15 is 0 Å². The van der Waals surface area contributed by atoms with Gasteiger partial charge in [-0.3, -0.25) is 14.5 Å². The Hall–Kier alpha value is -1.13. The van der Waals surface area contributed by atoms with E-state index in [1.54, 1.807) is 0 Å². The first-order valence-corrected chi connectivity index (χ1v) is 8.36. The van der Waals surface area contributed by atoms with Crippen LogP contribution in [0.5, 0.6) is 0 Å². The molecule has 5 heteroatoms. The molecular weight excluding hydrogens is 277 g/mol. The molecule has 0 aromatic rings. The zero-order chi connectivity index (χ0) is 17.3. The van der Waals surface area contributed by atoms with Crippen LogP contribution in [-0.2, 0) is 14.4 Å². The number of unbranched alkanes of at least 4 members (excludes halogenated alkanes) is 1. The SMILES string of the molecule is BC(=O)C(C)(C)C(C)(C)N1C(=O)CC(C(C)CCCC)C1=O. The molecule has 4 nitrogen and oxygen atoms in total. The molecule has 1 rings (SSSR count). The molecule has 0 aromatic heterocycles. The average Bonchev–Trinajstić information content (AvgIpc) is 2.71. The number of carbonyl (C=O) groups excluding carboxylic acids is 3. The Morgan fingerprint density at radius 3 is 2.32 bits per heavy atom. The normalized spacial score (nSPS) is 21.4. The van der Waals surface area contributed by atoms with Gasteiger partial charge in [0, 0.05) is 17.8 Å². The van der Waals surface area contributed by atoms with Crippen LogP contribution in [0.1, 0.15) is 67.2 Å². The highest BCUT2D eigenvalue weighted by molar-refractivity contribution is 6.59. The molecule has 0 spiro atoms. The fourth-order valence-corrected chi connectivity index (χ4v) is 3.12. The summed E-state index contributed by atoms with van der Waals surface area (Å²) in [6.45, 7) is 11.4. The van der Waals surface area contributed by atoms with Crippen LogP contribution in [-0.4, -0.2) is 35.8 Å². The average molecular weight is 307 g/mol. The number of imide groups is 1. The number of rotatable bonds is 7. The Labute approximate surface area is 135 Å². The second-order valence-electron chi connectivity index (χ2n) is 7.74. The summed E-state index contributed by atoms with van der Waals surface area (Å²) in [6, 6.07) is 0. The molecule has 0 aromatic carbocycles. The minimum Gasteiger partial charge on any atom is -0.311 e. The smallest absolute Gasteiger partial charge is 0.233 e. The molecule has 22 heavy (non-hydrogen) atoms. The molecule has 124 valence electrons. The van der Waals surface area contributed by atoms with Crippen LogP contribution in [0.2, 0.25) is 0 Å². The quantitative estimate of drug-likeness (QED) is 0.535. The van der Waals surface area contributed by atoms with Crippen molar-refractivity contribution in [1.29, 1.82) is 0 Å². The summed E-state index contributed by atoms with van der Waals surface area (Å²) < 4.78 is 0. The van der Waals surface area contributed by atoms with Crippen LogP contribution in [0, 0.1) is 17.3 Å². The maximum absolute atomic E-state index is 12.8. The van der Waals surface area contributed by atoms with Crippen LogP contribution < -0.4 is 0 Å². The Morgan fingerprint density at radius 2 is 1.86 bits per heavy atom. The second kappa shape index (κ2) is 6.55. The van der Waals surface area contributed by atoms with Gasteiger partial charge in [0.1, 0.15) is 0 Å². The number of hydrogen-bond donors (Lipinski definition) is 0. The molecular formula is C17H30BNO3. The number of hydrogen-bond acceptors (Lipinski definition) is 3. The number of amides is 2. The summed E-state index contributed by atoms with van der Waals surface area (Å²) in [5.41, 5.74) is -1.59. The Bertz CT molecular complexity index is 471. The number of carbonyl (C=O) groups is 3. The van der Waals surface area contributed by atoms with E-state index in [2.05, 4.69) is 13.8 Å². The van der Waals surface area contributed by atoms with Gasteiger partial charge >= 0.3 is 0 Å². The predicted molar refractivity (Wildman–Crippen MR) is 90.1 cm³/mol. The summed E-state index contributed by atoms with van der Waals surface area (Å²) in [7, 11) is 1.52. The van der Waals surface area contributed by atoms with Crippen molar-refractivity contribution in [3.63, 3.8) is 0 Å². The summed E-state index contributed by atoms with van der Waals surface area (Å²) in [5.74, 6) is -0.274. The molecule has 0 N–H and O–H groups in total. The Morgan fingerprint density at radius 1 is 1.32 bits per heavy atom. The zero-order valence-electron chi connectivity index (χ0n) is 15.2. The zero-order valence-corrected chi connectivity index (χ0v) is 15.2. The lowest BCUT2D eigenvalue weighted by Gasteiger charge is -2.45. The second-order valence-corrected chi connectivity index (χ2v) is 7.74. The highest BCUT2D eigenvalue weighted by Gasteiger charge is 2.54. The lowest BCUT2D eigenvalue weighted by atomic mass is 9.65. The van der Waals surface area contributed by atoms with Crippen LogP contribution in [0.4, 0.5) is 0 Å². The van der Waals surface area contributed by atoms with E-state index in [0.717, 1.165) is 19.3 Å². The van der Waals surface area contributed by atoms with Crippen molar-refractivity contribution in [3.8, 4) is 0 Å². The lowest BCUT2D eigenvalue weighted by Crippen LogP contribution is -2.59. The summed E-state index contributed by atoms with van der Waals surface area (Å²) >= 11 is 0. The Balaban J connectivity index is 3.04. The molecule has 1 saturated heterocycles. The van der Waals surface area contributed by atoms with E-state index in [4.69, 9.17) is 0 Å². The van der Waals surface area contributed by atoms with Crippen LogP contribution in [0.15, 0.2) is 0 Å². The minimum absolute atomic E-state index is 0.0134. The van der Waals surface area contributed by atoms with E-state index in [1.165, 1.54) is 12.7 Å².